The third-order valence-electron chi connectivity index (χ3n) is 10.9. The van der Waals surface area contributed by atoms with Crippen LogP contribution in [0.15, 0.2) is 60.8 Å². The number of esters is 2. The minimum Gasteiger partial charge on any atom is -0.544 e. The molecule has 0 aromatic rings. The molecule has 0 heterocycles. The lowest BCUT2D eigenvalue weighted by molar-refractivity contribution is -0.889. The lowest BCUT2D eigenvalue weighted by Gasteiger charge is -2.34. The van der Waals surface area contributed by atoms with E-state index in [0.29, 0.717) is 12.8 Å². The summed E-state index contributed by atoms with van der Waals surface area (Å²) in [6.07, 6.45) is 54.0. The highest BCUT2D eigenvalue weighted by Crippen LogP contribution is 2.16. The first kappa shape index (κ1) is 58.0. The zero-order valence-electron chi connectivity index (χ0n) is 40.1. The number of carboxylic acid groups (broad SMARTS) is 1. The molecule has 0 rings (SSSR count). The summed E-state index contributed by atoms with van der Waals surface area (Å²) in [6, 6.07) is -0.735. The van der Waals surface area contributed by atoms with Crippen molar-refractivity contribution >= 4 is 17.9 Å². The molecule has 8 nitrogen and oxygen atoms in total. The van der Waals surface area contributed by atoms with Gasteiger partial charge in [0, 0.05) is 19.3 Å². The smallest absolute Gasteiger partial charge is 0.306 e. The van der Waals surface area contributed by atoms with E-state index in [4.69, 9.17) is 14.2 Å². The molecule has 2 unspecified atom stereocenters. The van der Waals surface area contributed by atoms with Gasteiger partial charge in [-0.25, -0.2) is 0 Å². The summed E-state index contributed by atoms with van der Waals surface area (Å²) in [5.74, 6) is -1.80. The highest BCUT2D eigenvalue weighted by atomic mass is 16.6. The maximum Gasteiger partial charge on any atom is 0.306 e. The van der Waals surface area contributed by atoms with Crippen LogP contribution >= 0.6 is 0 Å². The molecule has 0 N–H and O–H groups in total. The van der Waals surface area contributed by atoms with E-state index in [-0.39, 0.29) is 49.1 Å². The summed E-state index contributed by atoms with van der Waals surface area (Å²) < 4.78 is 17.2. The van der Waals surface area contributed by atoms with Crippen LogP contribution < -0.4 is 5.11 Å². The molecule has 0 spiro atoms. The Morgan fingerprint density at radius 1 is 0.508 bits per heavy atom. The van der Waals surface area contributed by atoms with E-state index in [1.165, 1.54) is 109 Å². The van der Waals surface area contributed by atoms with Crippen molar-refractivity contribution in [2.75, 3.05) is 41.0 Å². The molecule has 8 heteroatoms. The SMILES string of the molecule is CC/C=C/C/C=C/C/C=C/C/C=C/C/C=C/CCCC(=O)OCC(COCCC(C(=O)[O-])[N+](C)(C)C)OC(=O)CCCCCCCCCCCCCCCCCCCCCC. The molecule has 0 aliphatic rings. The summed E-state index contributed by atoms with van der Waals surface area (Å²) in [7, 11) is 5.40. The summed E-state index contributed by atoms with van der Waals surface area (Å²) in [6.45, 7) is 4.51. The van der Waals surface area contributed by atoms with E-state index in [9.17, 15) is 19.5 Å². The molecule has 0 saturated carbocycles. The zero-order valence-corrected chi connectivity index (χ0v) is 40.1. The second kappa shape index (κ2) is 43.7. The zero-order chi connectivity index (χ0) is 44.9. The van der Waals surface area contributed by atoms with Crippen molar-refractivity contribution in [3.05, 3.63) is 60.8 Å². The molecule has 352 valence electrons. The summed E-state index contributed by atoms with van der Waals surface area (Å²) in [5.41, 5.74) is 0. The number of carbonyl (C=O) groups is 3. The first-order chi connectivity index (χ1) is 29.6. The van der Waals surface area contributed by atoms with Crippen molar-refractivity contribution in [3.8, 4) is 0 Å². The molecule has 0 bridgehead atoms. The van der Waals surface area contributed by atoms with Crippen LogP contribution in [-0.4, -0.2) is 75.5 Å². The fraction of sp³-hybridized carbons (Fsp3) is 0.755. The Kier molecular flexibility index (Phi) is 41.5. The fourth-order valence-corrected chi connectivity index (χ4v) is 7.11. The van der Waals surface area contributed by atoms with E-state index >= 15 is 0 Å². The number of allylic oxidation sites excluding steroid dienone is 10. The normalized spacial score (nSPS) is 13.4. The van der Waals surface area contributed by atoms with Gasteiger partial charge in [-0.3, -0.25) is 9.59 Å². The molecule has 61 heavy (non-hydrogen) atoms. The van der Waals surface area contributed by atoms with E-state index in [1.807, 2.05) is 0 Å². The van der Waals surface area contributed by atoms with Gasteiger partial charge < -0.3 is 28.6 Å². The van der Waals surface area contributed by atoms with Crippen LogP contribution in [0.2, 0.25) is 0 Å². The number of quaternary nitrogens is 1. The van der Waals surface area contributed by atoms with Gasteiger partial charge in [0.2, 0.25) is 0 Å². The minimum absolute atomic E-state index is 0.0230. The predicted molar refractivity (Wildman–Crippen MR) is 254 cm³/mol. The van der Waals surface area contributed by atoms with Gasteiger partial charge in [0.05, 0.1) is 40.3 Å². The van der Waals surface area contributed by atoms with Crippen LogP contribution in [0.5, 0.6) is 0 Å². The van der Waals surface area contributed by atoms with E-state index in [1.54, 1.807) is 21.1 Å². The van der Waals surface area contributed by atoms with Crippen molar-refractivity contribution in [2.24, 2.45) is 0 Å². The molecule has 2 atom stereocenters. The van der Waals surface area contributed by atoms with Gasteiger partial charge in [0.1, 0.15) is 12.6 Å². The van der Waals surface area contributed by atoms with Gasteiger partial charge >= 0.3 is 11.9 Å². The number of likely N-dealkylation sites (N-methyl/N-ethyl adjacent to an activating group) is 1. The number of rotatable bonds is 44. The second-order valence-electron chi connectivity index (χ2n) is 17.7. The minimum atomic E-state index is -1.13. The fourth-order valence-electron chi connectivity index (χ4n) is 7.11. The number of aliphatic carboxylic acids is 1. The van der Waals surface area contributed by atoms with Gasteiger partial charge in [-0.05, 0) is 51.4 Å². The van der Waals surface area contributed by atoms with Gasteiger partial charge in [-0.2, -0.15) is 0 Å². The Morgan fingerprint density at radius 3 is 1.34 bits per heavy atom. The molecule has 0 radical (unpaired) electrons. The van der Waals surface area contributed by atoms with Gasteiger partial charge in [0.15, 0.2) is 6.10 Å². The van der Waals surface area contributed by atoms with Gasteiger partial charge in [-0.15, -0.1) is 0 Å². The third-order valence-corrected chi connectivity index (χ3v) is 10.9. The van der Waals surface area contributed by atoms with Crippen LogP contribution in [0.1, 0.15) is 206 Å². The lowest BCUT2D eigenvalue weighted by Crippen LogP contribution is -2.55. The Labute approximate surface area is 375 Å². The number of carbonyl (C=O) groups excluding carboxylic acids is 3. The average molecular weight is 856 g/mol. The van der Waals surface area contributed by atoms with Crippen molar-refractivity contribution in [1.82, 2.24) is 0 Å². The number of carboxylic acids is 1. The molecular weight excluding hydrogens is 763 g/mol. The molecule has 0 aliphatic carbocycles. The van der Waals surface area contributed by atoms with Crippen molar-refractivity contribution in [2.45, 2.75) is 219 Å². The molecule has 0 aromatic heterocycles. The molecule has 0 aromatic carbocycles. The van der Waals surface area contributed by atoms with Gasteiger partial charge in [0.25, 0.3) is 0 Å². The van der Waals surface area contributed by atoms with Crippen LogP contribution in [0, 0.1) is 0 Å². The Morgan fingerprint density at radius 2 is 0.918 bits per heavy atom. The number of hydrogen-bond acceptors (Lipinski definition) is 7. The molecular formula is C53H93NO7. The predicted octanol–water partition coefficient (Wildman–Crippen LogP) is 12.8. The number of unbranched alkanes of at least 4 members (excludes halogenated alkanes) is 20. The Bertz CT molecular complexity index is 1180. The summed E-state index contributed by atoms with van der Waals surface area (Å²) >= 11 is 0. The molecule has 0 fully saturated rings. The highest BCUT2D eigenvalue weighted by molar-refractivity contribution is 5.70. The topological polar surface area (TPSA) is 102 Å². The molecule has 0 aliphatic heterocycles. The number of ether oxygens (including phenoxy) is 3. The van der Waals surface area contributed by atoms with E-state index in [0.717, 1.165) is 57.8 Å². The monoisotopic (exact) mass is 856 g/mol. The van der Waals surface area contributed by atoms with Crippen molar-refractivity contribution in [1.29, 1.82) is 0 Å². The van der Waals surface area contributed by atoms with Crippen LogP contribution in [0.25, 0.3) is 0 Å². The van der Waals surface area contributed by atoms with Crippen molar-refractivity contribution in [3.63, 3.8) is 0 Å². The first-order valence-electron chi connectivity index (χ1n) is 24.8. The maximum atomic E-state index is 12.8. The quantitative estimate of drug-likeness (QED) is 0.0260. The van der Waals surface area contributed by atoms with Crippen LogP contribution in [0.4, 0.5) is 0 Å². The summed E-state index contributed by atoms with van der Waals surface area (Å²) in [5, 5.41) is 11.7. The number of nitrogens with zero attached hydrogens (tertiary/aromatic N) is 1. The second-order valence-corrected chi connectivity index (χ2v) is 17.7. The van der Waals surface area contributed by atoms with E-state index in [2.05, 4.69) is 74.6 Å². The number of hydrogen-bond donors (Lipinski definition) is 0. The van der Waals surface area contributed by atoms with Crippen LogP contribution in [-0.2, 0) is 28.6 Å². The highest BCUT2D eigenvalue weighted by Gasteiger charge is 2.25. The first-order valence-corrected chi connectivity index (χ1v) is 24.8. The Hall–Kier alpha value is -2.97. The summed E-state index contributed by atoms with van der Waals surface area (Å²) in [4.78, 5) is 37.0. The molecule has 0 saturated heterocycles. The van der Waals surface area contributed by atoms with Crippen molar-refractivity contribution < 1.29 is 38.2 Å². The van der Waals surface area contributed by atoms with E-state index < -0.39 is 18.1 Å². The Balaban J connectivity index is 4.33. The lowest BCUT2D eigenvalue weighted by atomic mass is 10.0. The molecule has 0 amide bonds. The van der Waals surface area contributed by atoms with Crippen LogP contribution in [0.3, 0.4) is 0 Å². The largest absolute Gasteiger partial charge is 0.544 e. The van der Waals surface area contributed by atoms with Gasteiger partial charge in [-0.1, -0.05) is 197 Å². The maximum absolute atomic E-state index is 12.8. The third kappa shape index (κ3) is 42.1. The standard InChI is InChI=1S/C53H93NO7/c1-6-8-10-12-14-16-18-20-22-24-25-26-28-30-32-34-36-38-40-42-44-52(56)61-49(47-59-46-45-50(53(57)58)54(3,4)5)48-60-51(55)43-41-39-37-35-33-31-29-27-23-21-19-17-15-13-11-9-7-2/h9,11,15,17,21,23,29,31,35,37,49-50H,6-8,10,12-14,16,18-20,22,24-28,30,32-34,36,38-48H2,1-5H3/b11-9+,17-15+,23-21+,31-29+,37-35+. The average Bonchev–Trinajstić information content (AvgIpc) is 3.22.